The number of aryl methyl sites for hydroxylation is 1. The monoisotopic (exact) mass is 244 g/mol. The first-order chi connectivity index (χ1) is 8.71. The molecule has 1 saturated heterocycles. The number of ether oxygens (including phenoxy) is 1. The first-order valence-corrected chi connectivity index (χ1v) is 6.62. The quantitative estimate of drug-likeness (QED) is 0.862. The van der Waals surface area contributed by atoms with Gasteiger partial charge in [-0.25, -0.2) is 0 Å². The van der Waals surface area contributed by atoms with Crippen LogP contribution in [0.3, 0.4) is 0 Å². The van der Waals surface area contributed by atoms with Crippen LogP contribution in [-0.4, -0.2) is 36.7 Å². The van der Waals surface area contributed by atoms with Crippen LogP contribution in [0.1, 0.15) is 17.5 Å². The van der Waals surface area contributed by atoms with Crippen LogP contribution in [0.15, 0.2) is 24.3 Å². The zero-order chi connectivity index (χ0) is 12.6. The van der Waals surface area contributed by atoms with E-state index in [1.165, 1.54) is 11.1 Å². The molecule has 2 N–H and O–H groups in total. The summed E-state index contributed by atoms with van der Waals surface area (Å²) >= 11 is 0. The summed E-state index contributed by atoms with van der Waals surface area (Å²) in [6.07, 6.45) is 5.49. The highest BCUT2D eigenvalue weighted by Crippen LogP contribution is 2.36. The highest BCUT2D eigenvalue weighted by atomic mass is 16.5. The summed E-state index contributed by atoms with van der Waals surface area (Å²) in [5.74, 6) is 1.01. The van der Waals surface area contributed by atoms with Gasteiger partial charge in [-0.15, -0.1) is 0 Å². The molecule has 1 aromatic rings. The van der Waals surface area contributed by atoms with Crippen molar-refractivity contribution in [1.82, 2.24) is 4.90 Å². The predicted molar refractivity (Wildman–Crippen MR) is 73.7 cm³/mol. The van der Waals surface area contributed by atoms with Gasteiger partial charge in [0.2, 0.25) is 0 Å². The molecule has 1 aromatic carbocycles. The standard InChI is InChI=1S/C15H20N2O/c1-12-2-3-14-13(10-12)4-5-15(18-14)6-8-17(11-15)9-7-16/h2-5,10H,6-9,11,16H2,1H3. The Balaban J connectivity index is 1.82. The van der Waals surface area contributed by atoms with Crippen LogP contribution < -0.4 is 10.5 Å². The van der Waals surface area contributed by atoms with Crippen molar-refractivity contribution in [3.63, 3.8) is 0 Å². The van der Waals surface area contributed by atoms with Crippen molar-refractivity contribution >= 4 is 6.08 Å². The minimum atomic E-state index is -0.128. The Labute approximate surface area is 108 Å². The molecular formula is C15H20N2O. The molecule has 1 spiro atoms. The minimum Gasteiger partial charge on any atom is -0.481 e. The van der Waals surface area contributed by atoms with Crippen molar-refractivity contribution in [3.8, 4) is 5.75 Å². The minimum absolute atomic E-state index is 0.128. The number of fused-ring (bicyclic) bond motifs is 1. The highest BCUT2D eigenvalue weighted by molar-refractivity contribution is 5.62. The molecule has 2 aliphatic rings. The predicted octanol–water partition coefficient (Wildman–Crippen LogP) is 1.80. The Hall–Kier alpha value is -1.32. The Morgan fingerprint density at radius 2 is 2.33 bits per heavy atom. The Bertz CT molecular complexity index is 483. The molecule has 96 valence electrons. The highest BCUT2D eigenvalue weighted by Gasteiger charge is 2.39. The normalized spacial score (nSPS) is 26.3. The van der Waals surface area contributed by atoms with Gasteiger partial charge in [-0.3, -0.25) is 4.90 Å². The number of benzene rings is 1. The van der Waals surface area contributed by atoms with E-state index in [4.69, 9.17) is 10.5 Å². The van der Waals surface area contributed by atoms with Gasteiger partial charge in [-0.05, 0) is 25.1 Å². The molecule has 2 heterocycles. The first-order valence-electron chi connectivity index (χ1n) is 6.62. The summed E-state index contributed by atoms with van der Waals surface area (Å²) in [4.78, 5) is 2.38. The van der Waals surface area contributed by atoms with Crippen molar-refractivity contribution in [2.24, 2.45) is 5.73 Å². The van der Waals surface area contributed by atoms with E-state index in [0.29, 0.717) is 0 Å². The smallest absolute Gasteiger partial charge is 0.141 e. The van der Waals surface area contributed by atoms with Crippen LogP contribution >= 0.6 is 0 Å². The molecule has 0 saturated carbocycles. The van der Waals surface area contributed by atoms with Crippen LogP contribution in [0.2, 0.25) is 0 Å². The lowest BCUT2D eigenvalue weighted by Gasteiger charge is -2.31. The van der Waals surface area contributed by atoms with E-state index in [2.05, 4.69) is 42.2 Å². The fourth-order valence-electron chi connectivity index (χ4n) is 2.86. The lowest BCUT2D eigenvalue weighted by molar-refractivity contribution is 0.123. The van der Waals surface area contributed by atoms with Gasteiger partial charge in [0.1, 0.15) is 11.4 Å². The number of hydrogen-bond donors (Lipinski definition) is 1. The van der Waals surface area contributed by atoms with Crippen molar-refractivity contribution in [2.45, 2.75) is 18.9 Å². The molecule has 1 fully saturated rings. The molecule has 3 nitrogen and oxygen atoms in total. The first kappa shape index (κ1) is 11.8. The SMILES string of the molecule is Cc1ccc2c(c1)C=CC1(CCN(CCN)C1)O2. The van der Waals surface area contributed by atoms with Gasteiger partial charge < -0.3 is 10.5 Å². The van der Waals surface area contributed by atoms with Gasteiger partial charge in [0, 0.05) is 38.2 Å². The molecule has 0 radical (unpaired) electrons. The third kappa shape index (κ3) is 2.04. The van der Waals surface area contributed by atoms with Gasteiger partial charge in [-0.2, -0.15) is 0 Å². The van der Waals surface area contributed by atoms with Crippen LogP contribution in [0.5, 0.6) is 5.75 Å². The average Bonchev–Trinajstić information content (AvgIpc) is 2.74. The van der Waals surface area contributed by atoms with Crippen LogP contribution in [0, 0.1) is 6.92 Å². The van der Waals surface area contributed by atoms with Gasteiger partial charge in [-0.1, -0.05) is 17.7 Å². The fraction of sp³-hybridized carbons (Fsp3) is 0.467. The molecule has 0 amide bonds. The van der Waals surface area contributed by atoms with E-state index in [0.717, 1.165) is 38.3 Å². The summed E-state index contributed by atoms with van der Waals surface area (Å²) in [5, 5.41) is 0. The third-order valence-electron chi connectivity index (χ3n) is 3.83. The van der Waals surface area contributed by atoms with E-state index >= 15 is 0 Å². The van der Waals surface area contributed by atoms with Crippen LogP contribution in [0.25, 0.3) is 6.08 Å². The van der Waals surface area contributed by atoms with Crippen molar-refractivity contribution < 1.29 is 4.74 Å². The molecule has 1 unspecified atom stereocenters. The summed E-state index contributed by atoms with van der Waals surface area (Å²) in [6.45, 7) is 5.81. The maximum absolute atomic E-state index is 6.24. The molecule has 3 heteroatoms. The van der Waals surface area contributed by atoms with E-state index < -0.39 is 0 Å². The zero-order valence-electron chi connectivity index (χ0n) is 10.9. The second-order valence-corrected chi connectivity index (χ2v) is 5.36. The number of likely N-dealkylation sites (tertiary alicyclic amines) is 1. The van der Waals surface area contributed by atoms with Gasteiger partial charge in [0.25, 0.3) is 0 Å². The summed E-state index contributed by atoms with van der Waals surface area (Å²) < 4.78 is 6.24. The Morgan fingerprint density at radius 1 is 1.44 bits per heavy atom. The molecule has 3 rings (SSSR count). The number of rotatable bonds is 2. The second-order valence-electron chi connectivity index (χ2n) is 5.36. The largest absolute Gasteiger partial charge is 0.481 e. The van der Waals surface area contributed by atoms with E-state index in [9.17, 15) is 0 Å². The van der Waals surface area contributed by atoms with Gasteiger partial charge in [0.05, 0.1) is 0 Å². The summed E-state index contributed by atoms with van der Waals surface area (Å²) in [5.41, 5.74) is 7.96. The zero-order valence-corrected chi connectivity index (χ0v) is 10.9. The van der Waals surface area contributed by atoms with E-state index in [1.54, 1.807) is 0 Å². The lowest BCUT2D eigenvalue weighted by Crippen LogP contribution is -2.39. The molecule has 1 atom stereocenters. The summed E-state index contributed by atoms with van der Waals surface area (Å²) in [6, 6.07) is 6.37. The maximum atomic E-state index is 6.24. The Morgan fingerprint density at radius 3 is 3.17 bits per heavy atom. The Kier molecular flexibility index (Phi) is 2.88. The fourth-order valence-corrected chi connectivity index (χ4v) is 2.86. The van der Waals surface area contributed by atoms with Crippen LogP contribution in [0.4, 0.5) is 0 Å². The van der Waals surface area contributed by atoms with Crippen molar-refractivity contribution in [3.05, 3.63) is 35.4 Å². The molecule has 0 aliphatic carbocycles. The lowest BCUT2D eigenvalue weighted by atomic mass is 9.97. The molecular weight excluding hydrogens is 224 g/mol. The maximum Gasteiger partial charge on any atom is 0.141 e. The molecule has 18 heavy (non-hydrogen) atoms. The van der Waals surface area contributed by atoms with Gasteiger partial charge >= 0.3 is 0 Å². The molecule has 0 bridgehead atoms. The molecule has 0 aromatic heterocycles. The number of nitrogens with zero attached hydrogens (tertiary/aromatic N) is 1. The number of nitrogens with two attached hydrogens (primary N) is 1. The topological polar surface area (TPSA) is 38.5 Å². The van der Waals surface area contributed by atoms with Gasteiger partial charge in [0.15, 0.2) is 0 Å². The number of hydrogen-bond acceptors (Lipinski definition) is 3. The van der Waals surface area contributed by atoms with E-state index in [1.807, 2.05) is 0 Å². The average molecular weight is 244 g/mol. The van der Waals surface area contributed by atoms with Crippen molar-refractivity contribution in [1.29, 1.82) is 0 Å². The summed E-state index contributed by atoms with van der Waals surface area (Å²) in [7, 11) is 0. The molecule has 2 aliphatic heterocycles. The third-order valence-corrected chi connectivity index (χ3v) is 3.83. The van der Waals surface area contributed by atoms with Crippen LogP contribution in [-0.2, 0) is 0 Å². The van der Waals surface area contributed by atoms with E-state index in [-0.39, 0.29) is 5.60 Å². The second kappa shape index (κ2) is 4.41. The van der Waals surface area contributed by atoms with Crippen molar-refractivity contribution in [2.75, 3.05) is 26.2 Å².